The van der Waals surface area contributed by atoms with E-state index in [2.05, 4.69) is 10.3 Å². The van der Waals surface area contributed by atoms with Gasteiger partial charge in [-0.15, -0.1) is 11.3 Å². The first-order valence-electron chi connectivity index (χ1n) is 8.42. The summed E-state index contributed by atoms with van der Waals surface area (Å²) in [5.74, 6) is -0.915. The van der Waals surface area contributed by atoms with Crippen molar-refractivity contribution in [3.63, 3.8) is 0 Å². The summed E-state index contributed by atoms with van der Waals surface area (Å²) in [6, 6.07) is 0. The highest BCUT2D eigenvalue weighted by Crippen LogP contribution is 2.35. The summed E-state index contributed by atoms with van der Waals surface area (Å²) in [4.78, 5) is 43.8. The molecule has 7 heteroatoms. The summed E-state index contributed by atoms with van der Waals surface area (Å²) >= 11 is 1.53. The molecule has 0 spiro atoms. The molecule has 1 fully saturated rings. The van der Waals surface area contributed by atoms with Crippen molar-refractivity contribution in [3.05, 3.63) is 22.7 Å². The monoisotopic (exact) mass is 345 g/mol. The van der Waals surface area contributed by atoms with Gasteiger partial charge in [0.05, 0.1) is 17.5 Å². The highest BCUT2D eigenvalue weighted by atomic mass is 32.1. The van der Waals surface area contributed by atoms with Crippen molar-refractivity contribution in [1.82, 2.24) is 9.88 Å². The third kappa shape index (κ3) is 2.66. The summed E-state index contributed by atoms with van der Waals surface area (Å²) in [6.45, 7) is 0.154. The van der Waals surface area contributed by atoms with Crippen molar-refractivity contribution in [3.8, 4) is 0 Å². The number of imide groups is 1. The zero-order valence-electron chi connectivity index (χ0n) is 13.3. The van der Waals surface area contributed by atoms with E-state index in [0.717, 1.165) is 25.0 Å². The topological polar surface area (TPSA) is 79.4 Å². The number of rotatable bonds is 4. The fraction of sp³-hybridized carbons (Fsp3) is 0.529. The summed E-state index contributed by atoms with van der Waals surface area (Å²) in [7, 11) is 0. The van der Waals surface area contributed by atoms with Crippen LogP contribution in [-0.2, 0) is 27.2 Å². The van der Waals surface area contributed by atoms with Gasteiger partial charge in [-0.1, -0.05) is 12.2 Å². The second-order valence-corrected chi connectivity index (χ2v) is 7.61. The lowest BCUT2D eigenvalue weighted by Gasteiger charge is -2.14. The lowest BCUT2D eigenvalue weighted by molar-refractivity contribution is -0.140. The number of fused-ring (bicyclic) bond motifs is 2. The molecule has 4 rings (SSSR count). The van der Waals surface area contributed by atoms with Gasteiger partial charge in [0.25, 0.3) is 0 Å². The number of amides is 3. The molecular weight excluding hydrogens is 326 g/mol. The van der Waals surface area contributed by atoms with Gasteiger partial charge in [-0.2, -0.15) is 0 Å². The Kier molecular flexibility index (Phi) is 3.96. The predicted octanol–water partition coefficient (Wildman–Crippen LogP) is 1.91. The molecule has 126 valence electrons. The van der Waals surface area contributed by atoms with Crippen molar-refractivity contribution < 1.29 is 14.4 Å². The molecular formula is C17H19N3O3S. The van der Waals surface area contributed by atoms with Crippen molar-refractivity contribution in [1.29, 1.82) is 0 Å². The SMILES string of the molecule is O=C(CCN1C(=O)[C@@H]2CC=CC[C@H]2C1=O)Nc1nc2c(s1)CCC2. The molecule has 1 N–H and O–H groups in total. The van der Waals surface area contributed by atoms with Gasteiger partial charge in [-0.25, -0.2) is 4.98 Å². The maximum atomic E-state index is 12.3. The Bertz CT molecular complexity index is 692. The molecule has 0 saturated carbocycles. The van der Waals surface area contributed by atoms with Crippen LogP contribution in [0.3, 0.4) is 0 Å². The molecule has 2 aliphatic carbocycles. The molecule has 0 unspecified atom stereocenters. The van der Waals surface area contributed by atoms with Gasteiger partial charge < -0.3 is 5.32 Å². The minimum atomic E-state index is -0.229. The van der Waals surface area contributed by atoms with Crippen LogP contribution in [0, 0.1) is 11.8 Å². The maximum Gasteiger partial charge on any atom is 0.233 e. The number of carbonyl (C=O) groups excluding carboxylic acids is 3. The van der Waals surface area contributed by atoms with Gasteiger partial charge in [0.15, 0.2) is 5.13 Å². The van der Waals surface area contributed by atoms with Crippen LogP contribution in [0.4, 0.5) is 5.13 Å². The molecule has 1 aliphatic heterocycles. The number of nitrogens with zero attached hydrogens (tertiary/aromatic N) is 2. The van der Waals surface area contributed by atoms with Crippen LogP contribution in [0.2, 0.25) is 0 Å². The molecule has 6 nitrogen and oxygen atoms in total. The number of likely N-dealkylation sites (tertiary alicyclic amines) is 1. The van der Waals surface area contributed by atoms with Gasteiger partial charge >= 0.3 is 0 Å². The number of aromatic nitrogens is 1. The van der Waals surface area contributed by atoms with Crippen LogP contribution in [0.5, 0.6) is 0 Å². The maximum absolute atomic E-state index is 12.3. The molecule has 2 heterocycles. The lowest BCUT2D eigenvalue weighted by Crippen LogP contribution is -2.34. The smallest absolute Gasteiger partial charge is 0.233 e. The third-order valence-corrected chi connectivity index (χ3v) is 6.08. The Morgan fingerprint density at radius 2 is 1.92 bits per heavy atom. The number of hydrogen-bond acceptors (Lipinski definition) is 5. The number of carbonyl (C=O) groups is 3. The fourth-order valence-corrected chi connectivity index (χ4v) is 4.79. The van der Waals surface area contributed by atoms with E-state index in [1.807, 2.05) is 12.2 Å². The standard InChI is InChI=1S/C17H19N3O3S/c21-14(19-17-18-12-6-3-7-13(12)24-17)8-9-20-15(22)10-4-1-2-5-11(10)16(20)23/h1-2,10-11H,3-9H2,(H,18,19,21)/t10-,11-/m1/s1. The third-order valence-electron chi connectivity index (χ3n) is 5.00. The predicted molar refractivity (Wildman–Crippen MR) is 89.5 cm³/mol. The van der Waals surface area contributed by atoms with E-state index in [1.54, 1.807) is 0 Å². The van der Waals surface area contributed by atoms with Crippen LogP contribution >= 0.6 is 11.3 Å². The number of allylic oxidation sites excluding steroid dienone is 2. The molecule has 0 radical (unpaired) electrons. The van der Waals surface area contributed by atoms with E-state index in [4.69, 9.17) is 0 Å². The van der Waals surface area contributed by atoms with Gasteiger partial charge in [0, 0.05) is 17.8 Å². The van der Waals surface area contributed by atoms with Gasteiger partial charge in [0.2, 0.25) is 17.7 Å². The number of nitrogens with one attached hydrogen (secondary N) is 1. The van der Waals surface area contributed by atoms with Crippen molar-refractivity contribution in [2.24, 2.45) is 11.8 Å². The average molecular weight is 345 g/mol. The second kappa shape index (κ2) is 6.12. The molecule has 3 aliphatic rings. The Labute approximate surface area is 143 Å². The Morgan fingerprint density at radius 3 is 2.58 bits per heavy atom. The second-order valence-electron chi connectivity index (χ2n) is 6.52. The molecule has 1 aromatic heterocycles. The van der Waals surface area contributed by atoms with Crippen LogP contribution in [0.15, 0.2) is 12.2 Å². The number of aryl methyl sites for hydroxylation is 2. The van der Waals surface area contributed by atoms with E-state index < -0.39 is 0 Å². The van der Waals surface area contributed by atoms with Crippen molar-refractivity contribution >= 4 is 34.2 Å². The van der Waals surface area contributed by atoms with Crippen LogP contribution in [0.1, 0.15) is 36.3 Å². The molecule has 0 bridgehead atoms. The molecule has 0 aromatic carbocycles. The van der Waals surface area contributed by atoms with Gasteiger partial charge in [-0.3, -0.25) is 19.3 Å². The van der Waals surface area contributed by atoms with Gasteiger partial charge in [-0.05, 0) is 32.1 Å². The first-order valence-corrected chi connectivity index (χ1v) is 9.24. The van der Waals surface area contributed by atoms with Crippen molar-refractivity contribution in [2.45, 2.75) is 38.5 Å². The van der Waals surface area contributed by atoms with Crippen LogP contribution < -0.4 is 5.32 Å². The highest BCUT2D eigenvalue weighted by Gasteiger charge is 2.46. The zero-order chi connectivity index (χ0) is 16.7. The normalized spacial score (nSPS) is 25.1. The largest absolute Gasteiger partial charge is 0.302 e. The minimum absolute atomic E-state index is 0.120. The first kappa shape index (κ1) is 15.5. The van der Waals surface area contributed by atoms with E-state index in [0.29, 0.717) is 18.0 Å². The van der Waals surface area contributed by atoms with Crippen LogP contribution in [0.25, 0.3) is 0 Å². The molecule has 2 atom stereocenters. The number of anilines is 1. The number of thiazole rings is 1. The number of hydrogen-bond donors (Lipinski definition) is 1. The highest BCUT2D eigenvalue weighted by molar-refractivity contribution is 7.15. The summed E-state index contributed by atoms with van der Waals surface area (Å²) in [5, 5.41) is 3.42. The summed E-state index contributed by atoms with van der Waals surface area (Å²) in [6.07, 6.45) is 8.46. The van der Waals surface area contributed by atoms with Crippen LogP contribution in [-0.4, -0.2) is 34.2 Å². The average Bonchev–Trinajstić information content (AvgIpc) is 3.21. The minimum Gasteiger partial charge on any atom is -0.302 e. The summed E-state index contributed by atoms with van der Waals surface area (Å²) in [5.41, 5.74) is 1.09. The molecule has 24 heavy (non-hydrogen) atoms. The van der Waals surface area contributed by atoms with Crippen molar-refractivity contribution in [2.75, 3.05) is 11.9 Å². The Morgan fingerprint density at radius 1 is 1.21 bits per heavy atom. The molecule has 1 saturated heterocycles. The Balaban J connectivity index is 1.33. The zero-order valence-corrected chi connectivity index (χ0v) is 14.1. The molecule has 3 amide bonds. The quantitative estimate of drug-likeness (QED) is 0.668. The summed E-state index contributed by atoms with van der Waals surface area (Å²) < 4.78 is 0. The van der Waals surface area contributed by atoms with E-state index in [1.165, 1.54) is 21.1 Å². The first-order chi connectivity index (χ1) is 11.6. The Hall–Kier alpha value is -2.02. The van der Waals surface area contributed by atoms with E-state index in [-0.39, 0.29) is 42.5 Å². The van der Waals surface area contributed by atoms with E-state index in [9.17, 15) is 14.4 Å². The lowest BCUT2D eigenvalue weighted by atomic mass is 9.85. The van der Waals surface area contributed by atoms with E-state index >= 15 is 0 Å². The van der Waals surface area contributed by atoms with Gasteiger partial charge in [0.1, 0.15) is 0 Å². The fourth-order valence-electron chi connectivity index (χ4n) is 3.73. The molecule has 1 aromatic rings.